The fourth-order valence-electron chi connectivity index (χ4n) is 2.13. The summed E-state index contributed by atoms with van der Waals surface area (Å²) >= 11 is 0. The number of nitrogens with zero attached hydrogens (tertiary/aromatic N) is 1. The van der Waals surface area contributed by atoms with Crippen molar-refractivity contribution in [3.8, 4) is 0 Å². The Kier molecular flexibility index (Phi) is 6.01. The number of carbonyl (C=O) groups excluding carboxylic acids is 1. The topological polar surface area (TPSA) is 40.5 Å². The minimum absolute atomic E-state index is 0.0175. The van der Waals surface area contributed by atoms with E-state index in [0.29, 0.717) is 12.8 Å². The molecule has 0 unspecified atom stereocenters. The number of halogens is 3. The molecule has 0 aliphatic heterocycles. The van der Waals surface area contributed by atoms with Gasteiger partial charge in [-0.3, -0.25) is 4.79 Å². The highest BCUT2D eigenvalue weighted by atomic mass is 19.2. The molecule has 1 amide bonds. The van der Waals surface area contributed by atoms with Crippen molar-refractivity contribution in [1.82, 2.24) is 4.90 Å². The van der Waals surface area contributed by atoms with Crippen LogP contribution in [0.2, 0.25) is 0 Å². The highest BCUT2D eigenvalue weighted by molar-refractivity contribution is 5.94. The zero-order chi connectivity index (χ0) is 15.3. The Balaban J connectivity index is 3.15. The van der Waals surface area contributed by atoms with Gasteiger partial charge >= 0.3 is 0 Å². The van der Waals surface area contributed by atoms with Gasteiger partial charge in [-0.2, -0.15) is 0 Å². The molecule has 0 bridgehead atoms. The number of amides is 1. The third kappa shape index (κ3) is 3.30. The largest absolute Gasteiger partial charge is 0.395 e. The molecule has 20 heavy (non-hydrogen) atoms. The van der Waals surface area contributed by atoms with E-state index in [1.54, 1.807) is 0 Å². The Morgan fingerprint density at radius 2 is 1.80 bits per heavy atom. The van der Waals surface area contributed by atoms with E-state index in [0.717, 1.165) is 12.1 Å². The first-order valence-corrected chi connectivity index (χ1v) is 6.53. The van der Waals surface area contributed by atoms with Gasteiger partial charge in [-0.05, 0) is 25.0 Å². The fraction of sp³-hybridized carbons (Fsp3) is 0.500. The summed E-state index contributed by atoms with van der Waals surface area (Å²) in [6, 6.07) is 1.44. The van der Waals surface area contributed by atoms with E-state index in [1.807, 2.05) is 13.8 Å². The van der Waals surface area contributed by atoms with E-state index in [-0.39, 0.29) is 19.2 Å². The van der Waals surface area contributed by atoms with E-state index in [1.165, 1.54) is 4.90 Å². The van der Waals surface area contributed by atoms with Gasteiger partial charge in [0.15, 0.2) is 17.5 Å². The van der Waals surface area contributed by atoms with Gasteiger partial charge in [0.2, 0.25) is 0 Å². The Labute approximate surface area is 116 Å². The molecule has 1 N–H and O–H groups in total. The van der Waals surface area contributed by atoms with Crippen LogP contribution in [0.3, 0.4) is 0 Å². The second-order valence-corrected chi connectivity index (χ2v) is 4.42. The van der Waals surface area contributed by atoms with Crippen LogP contribution >= 0.6 is 0 Å². The molecule has 0 aliphatic carbocycles. The molecule has 0 saturated carbocycles. The Hall–Kier alpha value is -1.56. The van der Waals surface area contributed by atoms with Gasteiger partial charge in [0.25, 0.3) is 5.91 Å². The van der Waals surface area contributed by atoms with Gasteiger partial charge in [0.1, 0.15) is 0 Å². The molecule has 0 fully saturated rings. The number of aliphatic hydroxyl groups excluding tert-OH is 1. The quantitative estimate of drug-likeness (QED) is 0.818. The summed E-state index contributed by atoms with van der Waals surface area (Å²) in [5.41, 5.74) is -0.524. The molecule has 3 nitrogen and oxygen atoms in total. The highest BCUT2D eigenvalue weighted by Crippen LogP contribution is 2.19. The van der Waals surface area contributed by atoms with Gasteiger partial charge in [0.05, 0.1) is 12.2 Å². The van der Waals surface area contributed by atoms with Gasteiger partial charge in [-0.1, -0.05) is 13.8 Å². The molecule has 0 aliphatic rings. The minimum atomic E-state index is -1.66. The number of hydrogen-bond acceptors (Lipinski definition) is 2. The van der Waals surface area contributed by atoms with Crippen molar-refractivity contribution >= 4 is 5.91 Å². The average molecular weight is 289 g/mol. The van der Waals surface area contributed by atoms with Crippen molar-refractivity contribution in [3.63, 3.8) is 0 Å². The predicted molar refractivity (Wildman–Crippen MR) is 68.8 cm³/mol. The highest BCUT2D eigenvalue weighted by Gasteiger charge is 2.26. The van der Waals surface area contributed by atoms with E-state index in [4.69, 9.17) is 5.11 Å². The van der Waals surface area contributed by atoms with Crippen molar-refractivity contribution in [2.45, 2.75) is 32.7 Å². The van der Waals surface area contributed by atoms with Crippen LogP contribution in [0.5, 0.6) is 0 Å². The predicted octanol–water partition coefficient (Wildman–Crippen LogP) is 2.73. The zero-order valence-corrected chi connectivity index (χ0v) is 11.5. The Bertz CT molecular complexity index is 476. The normalized spacial score (nSPS) is 10.9. The second kappa shape index (κ2) is 7.28. The molecule has 0 saturated heterocycles. The molecular weight excluding hydrogens is 271 g/mol. The van der Waals surface area contributed by atoms with Crippen molar-refractivity contribution in [3.05, 3.63) is 35.1 Å². The van der Waals surface area contributed by atoms with Crippen LogP contribution in [0.1, 0.15) is 37.0 Å². The molecule has 6 heteroatoms. The fourth-order valence-corrected chi connectivity index (χ4v) is 2.13. The van der Waals surface area contributed by atoms with Crippen molar-refractivity contribution in [2.24, 2.45) is 0 Å². The lowest BCUT2D eigenvalue weighted by atomic mass is 10.1. The van der Waals surface area contributed by atoms with Crippen LogP contribution < -0.4 is 0 Å². The molecule has 0 heterocycles. The summed E-state index contributed by atoms with van der Waals surface area (Å²) in [4.78, 5) is 13.6. The van der Waals surface area contributed by atoms with Gasteiger partial charge in [0, 0.05) is 12.6 Å². The standard InChI is InChI=1S/C14H18F3NO2/c1-3-9(4-2)18(7-8-19)14(20)10-5-6-11(15)13(17)12(10)16/h5-6,9,19H,3-4,7-8H2,1-2H3. The van der Waals surface area contributed by atoms with Crippen molar-refractivity contribution in [2.75, 3.05) is 13.2 Å². The number of benzene rings is 1. The SMILES string of the molecule is CCC(CC)N(CCO)C(=O)c1ccc(F)c(F)c1F. The number of rotatable bonds is 6. The van der Waals surface area contributed by atoms with E-state index in [2.05, 4.69) is 0 Å². The average Bonchev–Trinajstić information content (AvgIpc) is 2.44. The summed E-state index contributed by atoms with van der Waals surface area (Å²) in [6.45, 7) is 3.44. The molecule has 0 spiro atoms. The van der Waals surface area contributed by atoms with Crippen molar-refractivity contribution < 1.29 is 23.1 Å². The van der Waals surface area contributed by atoms with Crippen LogP contribution in [0.4, 0.5) is 13.2 Å². The van der Waals surface area contributed by atoms with Crippen LogP contribution in [0.15, 0.2) is 12.1 Å². The zero-order valence-electron chi connectivity index (χ0n) is 11.5. The minimum Gasteiger partial charge on any atom is -0.395 e. The molecule has 0 radical (unpaired) electrons. The third-order valence-electron chi connectivity index (χ3n) is 3.25. The second-order valence-electron chi connectivity index (χ2n) is 4.42. The lowest BCUT2D eigenvalue weighted by Gasteiger charge is -2.30. The lowest BCUT2D eigenvalue weighted by molar-refractivity contribution is 0.0616. The van der Waals surface area contributed by atoms with Gasteiger partial charge in [-0.25, -0.2) is 13.2 Å². The summed E-state index contributed by atoms with van der Waals surface area (Å²) in [7, 11) is 0. The first-order valence-electron chi connectivity index (χ1n) is 6.53. The summed E-state index contributed by atoms with van der Waals surface area (Å²) < 4.78 is 39.7. The molecule has 1 aromatic carbocycles. The third-order valence-corrected chi connectivity index (χ3v) is 3.25. The maximum Gasteiger partial charge on any atom is 0.257 e. The van der Waals surface area contributed by atoms with Crippen LogP contribution in [-0.2, 0) is 0 Å². The van der Waals surface area contributed by atoms with E-state index >= 15 is 0 Å². The lowest BCUT2D eigenvalue weighted by Crippen LogP contribution is -2.42. The monoisotopic (exact) mass is 289 g/mol. The smallest absolute Gasteiger partial charge is 0.257 e. The first kappa shape index (κ1) is 16.5. The van der Waals surface area contributed by atoms with Gasteiger partial charge < -0.3 is 10.0 Å². The van der Waals surface area contributed by atoms with Gasteiger partial charge in [-0.15, -0.1) is 0 Å². The molecule has 0 atom stereocenters. The van der Waals surface area contributed by atoms with E-state index < -0.39 is 28.9 Å². The molecule has 112 valence electrons. The summed E-state index contributed by atoms with van der Waals surface area (Å²) in [6.07, 6.45) is 1.24. The molecule has 1 rings (SSSR count). The van der Waals surface area contributed by atoms with Crippen molar-refractivity contribution in [1.29, 1.82) is 0 Å². The molecule has 1 aromatic rings. The van der Waals surface area contributed by atoms with Crippen LogP contribution in [0, 0.1) is 17.5 Å². The van der Waals surface area contributed by atoms with Crippen LogP contribution in [0.25, 0.3) is 0 Å². The summed E-state index contributed by atoms with van der Waals surface area (Å²) in [5, 5.41) is 9.02. The van der Waals surface area contributed by atoms with E-state index in [9.17, 15) is 18.0 Å². The van der Waals surface area contributed by atoms with Crippen LogP contribution in [-0.4, -0.2) is 35.1 Å². The number of carbonyl (C=O) groups is 1. The number of hydrogen-bond donors (Lipinski definition) is 1. The summed E-state index contributed by atoms with van der Waals surface area (Å²) in [5.74, 6) is -5.24. The molecule has 0 aromatic heterocycles. The maximum atomic E-state index is 13.7. The Morgan fingerprint density at radius 1 is 1.20 bits per heavy atom. The maximum absolute atomic E-state index is 13.7. The molecular formula is C14H18F3NO2. The number of aliphatic hydroxyl groups is 1. The first-order chi connectivity index (χ1) is 9.47. The Morgan fingerprint density at radius 3 is 2.30 bits per heavy atom.